The summed E-state index contributed by atoms with van der Waals surface area (Å²) in [5.74, 6) is 0.114. The van der Waals surface area contributed by atoms with Gasteiger partial charge >= 0.3 is 0 Å². The second-order valence-electron chi connectivity index (χ2n) is 6.68. The van der Waals surface area contributed by atoms with Gasteiger partial charge in [0.25, 0.3) is 0 Å². The molecule has 1 N–H and O–H groups in total. The van der Waals surface area contributed by atoms with Crippen LogP contribution in [0.15, 0.2) is 65.9 Å². The Kier molecular flexibility index (Phi) is 4.49. The van der Waals surface area contributed by atoms with Crippen molar-refractivity contribution in [3.8, 4) is 0 Å². The molecule has 0 aliphatic carbocycles. The molecule has 3 nitrogen and oxygen atoms in total. The van der Waals surface area contributed by atoms with Crippen LogP contribution in [0.3, 0.4) is 0 Å². The number of para-hydroxylation sites is 1. The van der Waals surface area contributed by atoms with Crippen molar-refractivity contribution in [3.63, 3.8) is 0 Å². The average molecular weight is 363 g/mol. The molecule has 0 amide bonds. The maximum absolute atomic E-state index is 13.0. The van der Waals surface area contributed by atoms with E-state index in [4.69, 9.17) is 11.6 Å². The third-order valence-electron chi connectivity index (χ3n) is 4.63. The summed E-state index contributed by atoms with van der Waals surface area (Å²) < 4.78 is 0. The first-order valence-corrected chi connectivity index (χ1v) is 8.94. The first-order chi connectivity index (χ1) is 12.6. The van der Waals surface area contributed by atoms with Crippen molar-refractivity contribution >= 4 is 40.4 Å². The highest BCUT2D eigenvalue weighted by Crippen LogP contribution is 2.25. The summed E-state index contributed by atoms with van der Waals surface area (Å²) in [4.78, 5) is 18.4. The molecule has 0 unspecified atom stereocenters. The zero-order valence-corrected chi connectivity index (χ0v) is 15.3. The smallest absolute Gasteiger partial charge is 0.187 e. The number of carbonyl (C=O) groups excluding carboxylic acids is 1. The zero-order chi connectivity index (χ0) is 18.1. The Labute approximate surface area is 157 Å². The number of likely N-dealkylation sites (tertiary alicyclic amines) is 1. The van der Waals surface area contributed by atoms with E-state index in [1.54, 1.807) is 0 Å². The monoisotopic (exact) mass is 362 g/mol. The number of benzene rings is 2. The molecule has 0 spiro atoms. The lowest BCUT2D eigenvalue weighted by Crippen LogP contribution is -2.34. The fourth-order valence-electron chi connectivity index (χ4n) is 3.37. The van der Waals surface area contributed by atoms with Crippen LogP contribution in [-0.4, -0.2) is 35.8 Å². The molecule has 1 aliphatic heterocycles. The van der Waals surface area contributed by atoms with Crippen molar-refractivity contribution in [2.75, 3.05) is 20.1 Å². The van der Waals surface area contributed by atoms with Gasteiger partial charge < -0.3 is 4.98 Å². The molecule has 0 radical (unpaired) electrons. The van der Waals surface area contributed by atoms with Gasteiger partial charge in [-0.2, -0.15) is 0 Å². The van der Waals surface area contributed by atoms with Crippen molar-refractivity contribution in [1.82, 2.24) is 9.88 Å². The molecule has 3 aromatic rings. The molecular formula is C22H19ClN2O. The van der Waals surface area contributed by atoms with Gasteiger partial charge in [-0.25, -0.2) is 0 Å². The van der Waals surface area contributed by atoms with Gasteiger partial charge in [-0.05, 0) is 43.0 Å². The van der Waals surface area contributed by atoms with E-state index >= 15 is 0 Å². The number of piperidine rings is 1. The molecule has 0 saturated carbocycles. The highest BCUT2D eigenvalue weighted by molar-refractivity contribution is 6.30. The van der Waals surface area contributed by atoms with Crippen LogP contribution in [0, 0.1) is 0 Å². The number of carbonyl (C=O) groups is 1. The van der Waals surface area contributed by atoms with Gasteiger partial charge in [0, 0.05) is 51.9 Å². The van der Waals surface area contributed by atoms with Crippen LogP contribution < -0.4 is 0 Å². The van der Waals surface area contributed by atoms with Crippen molar-refractivity contribution in [3.05, 3.63) is 82.0 Å². The molecule has 4 heteroatoms. The third-order valence-corrected chi connectivity index (χ3v) is 4.88. The quantitative estimate of drug-likeness (QED) is 0.664. The van der Waals surface area contributed by atoms with E-state index in [2.05, 4.69) is 16.0 Å². The maximum Gasteiger partial charge on any atom is 0.187 e. The number of aromatic amines is 1. The first kappa shape index (κ1) is 16.8. The van der Waals surface area contributed by atoms with Crippen molar-refractivity contribution in [2.45, 2.75) is 0 Å². The summed E-state index contributed by atoms with van der Waals surface area (Å²) in [5.41, 5.74) is 4.72. The predicted molar refractivity (Wildman–Crippen MR) is 108 cm³/mol. The number of nitrogens with zero attached hydrogens (tertiary/aromatic N) is 1. The number of hydrogen-bond donors (Lipinski definition) is 1. The minimum atomic E-state index is 0.114. The molecule has 4 rings (SSSR count). The molecule has 0 bridgehead atoms. The van der Waals surface area contributed by atoms with Crippen LogP contribution in [0.4, 0.5) is 0 Å². The second kappa shape index (κ2) is 6.94. The van der Waals surface area contributed by atoms with E-state index in [0.717, 1.165) is 33.2 Å². The summed E-state index contributed by atoms with van der Waals surface area (Å²) in [6.45, 7) is 1.29. The van der Waals surface area contributed by atoms with Crippen molar-refractivity contribution in [2.24, 2.45) is 0 Å². The predicted octanol–water partition coefficient (Wildman–Crippen LogP) is 4.80. The number of aromatic nitrogens is 1. The Balaban J connectivity index is 1.70. The van der Waals surface area contributed by atoms with Crippen LogP contribution >= 0.6 is 11.6 Å². The SMILES string of the molecule is CN1C/C(=C\c2ccc(Cl)cc2)C(=O)/C(=C/c2c[nH]c3ccccc23)C1. The van der Waals surface area contributed by atoms with Gasteiger partial charge in [0.1, 0.15) is 0 Å². The number of hydrogen-bond acceptors (Lipinski definition) is 2. The van der Waals surface area contributed by atoms with Gasteiger partial charge in [0.15, 0.2) is 5.78 Å². The summed E-state index contributed by atoms with van der Waals surface area (Å²) in [6, 6.07) is 15.7. The molecule has 1 aromatic heterocycles. The Bertz CT molecular complexity index is 1030. The van der Waals surface area contributed by atoms with E-state index in [-0.39, 0.29) is 5.78 Å². The summed E-state index contributed by atoms with van der Waals surface area (Å²) in [7, 11) is 2.03. The summed E-state index contributed by atoms with van der Waals surface area (Å²) in [6.07, 6.45) is 5.92. The van der Waals surface area contributed by atoms with Crippen molar-refractivity contribution in [1.29, 1.82) is 0 Å². The summed E-state index contributed by atoms with van der Waals surface area (Å²) >= 11 is 5.95. The van der Waals surface area contributed by atoms with Gasteiger partial charge in [-0.3, -0.25) is 9.69 Å². The highest BCUT2D eigenvalue weighted by atomic mass is 35.5. The van der Waals surface area contributed by atoms with Crippen molar-refractivity contribution < 1.29 is 4.79 Å². The topological polar surface area (TPSA) is 36.1 Å². The number of ketones is 1. The zero-order valence-electron chi connectivity index (χ0n) is 14.5. The number of H-pyrrole nitrogens is 1. The fraction of sp³-hybridized carbons (Fsp3) is 0.136. The normalized spacial score (nSPS) is 18.9. The standard InChI is InChI=1S/C22H19ClN2O/c1-25-13-17(10-15-6-8-19(23)9-7-15)22(26)18(14-25)11-16-12-24-21-5-3-2-4-20(16)21/h2-12,24H,13-14H2,1H3/b17-10+,18-11+. The fourth-order valence-corrected chi connectivity index (χ4v) is 3.50. The number of likely N-dealkylation sites (N-methyl/N-ethyl adjacent to an activating group) is 1. The van der Waals surface area contributed by atoms with E-state index in [0.29, 0.717) is 18.1 Å². The highest BCUT2D eigenvalue weighted by Gasteiger charge is 2.24. The number of Topliss-reactive ketones (excluding diaryl/α,β-unsaturated/α-hetero) is 1. The lowest BCUT2D eigenvalue weighted by molar-refractivity contribution is -0.113. The lowest BCUT2D eigenvalue weighted by atomic mass is 9.94. The first-order valence-electron chi connectivity index (χ1n) is 8.56. The van der Waals surface area contributed by atoms with Crippen LogP contribution in [0.25, 0.3) is 23.1 Å². The minimum absolute atomic E-state index is 0.114. The van der Waals surface area contributed by atoms with Crippen LogP contribution in [0.5, 0.6) is 0 Å². The maximum atomic E-state index is 13.0. The molecule has 1 fully saturated rings. The van der Waals surface area contributed by atoms with E-state index in [1.165, 1.54) is 0 Å². The van der Waals surface area contributed by atoms with Crippen LogP contribution in [0.2, 0.25) is 5.02 Å². The Hall–Kier alpha value is -2.62. The van der Waals surface area contributed by atoms with Crippen LogP contribution in [0.1, 0.15) is 11.1 Å². The molecule has 0 atom stereocenters. The molecular weight excluding hydrogens is 344 g/mol. The van der Waals surface area contributed by atoms with Gasteiger partial charge in [0.05, 0.1) is 0 Å². The van der Waals surface area contributed by atoms with Gasteiger partial charge in [0.2, 0.25) is 0 Å². The van der Waals surface area contributed by atoms with Gasteiger partial charge in [-0.15, -0.1) is 0 Å². The van der Waals surface area contributed by atoms with Crippen LogP contribution in [-0.2, 0) is 4.79 Å². The summed E-state index contributed by atoms with van der Waals surface area (Å²) in [5, 5.41) is 1.82. The Morgan fingerprint density at radius 3 is 2.46 bits per heavy atom. The van der Waals surface area contributed by atoms with Gasteiger partial charge in [-0.1, -0.05) is 41.9 Å². The van der Waals surface area contributed by atoms with E-state index in [1.807, 2.05) is 67.9 Å². The lowest BCUT2D eigenvalue weighted by Gasteiger charge is -2.26. The largest absolute Gasteiger partial charge is 0.361 e. The molecule has 2 heterocycles. The number of halogens is 1. The Morgan fingerprint density at radius 2 is 1.69 bits per heavy atom. The van der Waals surface area contributed by atoms with E-state index in [9.17, 15) is 4.79 Å². The Morgan fingerprint density at radius 1 is 1.00 bits per heavy atom. The number of rotatable bonds is 2. The number of fused-ring (bicyclic) bond motifs is 1. The second-order valence-corrected chi connectivity index (χ2v) is 7.12. The number of nitrogens with one attached hydrogen (secondary N) is 1. The molecule has 1 aliphatic rings. The average Bonchev–Trinajstić information content (AvgIpc) is 3.04. The molecule has 2 aromatic carbocycles. The van der Waals surface area contributed by atoms with E-state index < -0.39 is 0 Å². The molecule has 1 saturated heterocycles. The minimum Gasteiger partial charge on any atom is -0.361 e. The third kappa shape index (κ3) is 3.36. The molecule has 26 heavy (non-hydrogen) atoms. The molecule has 130 valence electrons.